The quantitative estimate of drug-likeness (QED) is 0.595. The van der Waals surface area contributed by atoms with Crippen molar-refractivity contribution in [3.63, 3.8) is 0 Å². The summed E-state index contributed by atoms with van der Waals surface area (Å²) >= 11 is 3.33. The molecule has 13 heavy (non-hydrogen) atoms. The maximum absolute atomic E-state index is 10.6. The topological polar surface area (TPSA) is 30.2 Å². The zero-order chi connectivity index (χ0) is 9.26. The maximum Gasteiger partial charge on any atom is 0.185 e. The average Bonchev–Trinajstić information content (AvgIpc) is 2.55. The molecular formula is C10H7BrO2. The number of aldehydes is 1. The lowest BCUT2D eigenvalue weighted by Gasteiger charge is -1.89. The van der Waals surface area contributed by atoms with Gasteiger partial charge in [0, 0.05) is 16.3 Å². The van der Waals surface area contributed by atoms with Crippen LogP contribution >= 0.6 is 15.9 Å². The van der Waals surface area contributed by atoms with Gasteiger partial charge in [-0.05, 0) is 6.07 Å². The molecule has 0 saturated carbocycles. The number of furan rings is 1. The van der Waals surface area contributed by atoms with E-state index in [1.165, 1.54) is 0 Å². The summed E-state index contributed by atoms with van der Waals surface area (Å²) in [5, 5.41) is 1.64. The lowest BCUT2D eigenvalue weighted by atomic mass is 10.1. The first-order valence-corrected chi connectivity index (χ1v) is 5.00. The number of benzene rings is 1. The Kier molecular flexibility index (Phi) is 2.19. The molecule has 0 amide bonds. The van der Waals surface area contributed by atoms with Gasteiger partial charge in [-0.15, -0.1) is 0 Å². The second kappa shape index (κ2) is 3.34. The summed E-state index contributed by atoms with van der Waals surface area (Å²) in [6.07, 6.45) is 0.747. The van der Waals surface area contributed by atoms with Crippen LogP contribution in [0.5, 0.6) is 0 Å². The molecule has 0 aliphatic rings. The van der Waals surface area contributed by atoms with Gasteiger partial charge in [-0.3, -0.25) is 4.79 Å². The number of rotatable bonds is 2. The van der Waals surface area contributed by atoms with E-state index in [9.17, 15) is 4.79 Å². The van der Waals surface area contributed by atoms with Crippen molar-refractivity contribution in [1.82, 2.24) is 0 Å². The highest BCUT2D eigenvalue weighted by Gasteiger charge is 2.10. The normalized spacial score (nSPS) is 10.5. The van der Waals surface area contributed by atoms with Crippen molar-refractivity contribution in [1.29, 1.82) is 0 Å². The SMILES string of the molecule is O=Cc1oc2ccccc2c1CBr. The summed E-state index contributed by atoms with van der Waals surface area (Å²) in [6.45, 7) is 0. The van der Waals surface area contributed by atoms with Gasteiger partial charge in [0.05, 0.1) is 0 Å². The van der Waals surface area contributed by atoms with Gasteiger partial charge in [0.1, 0.15) is 5.58 Å². The fraction of sp³-hybridized carbons (Fsp3) is 0.100. The number of hydrogen-bond donors (Lipinski definition) is 0. The number of carbonyl (C=O) groups excluding carboxylic acids is 1. The molecule has 2 nitrogen and oxygen atoms in total. The largest absolute Gasteiger partial charge is 0.453 e. The zero-order valence-corrected chi connectivity index (χ0v) is 8.37. The van der Waals surface area contributed by atoms with Crippen molar-refractivity contribution in [3.8, 4) is 0 Å². The number of para-hydroxylation sites is 1. The predicted molar refractivity (Wildman–Crippen MR) is 54.2 cm³/mol. The van der Waals surface area contributed by atoms with Gasteiger partial charge in [0.15, 0.2) is 12.0 Å². The molecule has 0 radical (unpaired) electrons. The van der Waals surface area contributed by atoms with Crippen molar-refractivity contribution in [2.75, 3.05) is 0 Å². The highest BCUT2D eigenvalue weighted by molar-refractivity contribution is 9.08. The average molecular weight is 239 g/mol. The minimum Gasteiger partial charge on any atom is -0.453 e. The molecule has 0 bridgehead atoms. The van der Waals surface area contributed by atoms with Crippen molar-refractivity contribution in [2.45, 2.75) is 5.33 Å². The molecular weight excluding hydrogens is 232 g/mol. The van der Waals surface area contributed by atoms with Crippen molar-refractivity contribution >= 4 is 33.2 Å². The van der Waals surface area contributed by atoms with Crippen LogP contribution in [0, 0.1) is 0 Å². The third-order valence-corrected chi connectivity index (χ3v) is 2.53. The van der Waals surface area contributed by atoms with E-state index in [0.29, 0.717) is 11.1 Å². The number of halogens is 1. The van der Waals surface area contributed by atoms with E-state index in [2.05, 4.69) is 15.9 Å². The molecule has 2 rings (SSSR count). The Labute approximate surface area is 83.7 Å². The molecule has 66 valence electrons. The van der Waals surface area contributed by atoms with Crippen LogP contribution in [0.3, 0.4) is 0 Å². The van der Waals surface area contributed by atoms with Crippen LogP contribution in [0.25, 0.3) is 11.0 Å². The van der Waals surface area contributed by atoms with Crippen LogP contribution < -0.4 is 0 Å². The Hall–Kier alpha value is -1.09. The van der Waals surface area contributed by atoms with E-state index >= 15 is 0 Å². The van der Waals surface area contributed by atoms with E-state index in [-0.39, 0.29) is 0 Å². The fourth-order valence-corrected chi connectivity index (χ4v) is 1.93. The molecule has 0 aliphatic heterocycles. The molecule has 0 spiro atoms. The Bertz CT molecular complexity index is 445. The monoisotopic (exact) mass is 238 g/mol. The maximum atomic E-state index is 10.6. The zero-order valence-electron chi connectivity index (χ0n) is 6.79. The summed E-state index contributed by atoms with van der Waals surface area (Å²) in [6, 6.07) is 7.62. The van der Waals surface area contributed by atoms with Crippen molar-refractivity contribution in [2.24, 2.45) is 0 Å². The molecule has 1 heterocycles. The molecule has 2 aromatic rings. The number of hydrogen-bond acceptors (Lipinski definition) is 2. The predicted octanol–water partition coefficient (Wildman–Crippen LogP) is 3.14. The van der Waals surface area contributed by atoms with Gasteiger partial charge in [0.2, 0.25) is 0 Å². The summed E-state index contributed by atoms with van der Waals surface area (Å²) in [5.41, 5.74) is 1.68. The van der Waals surface area contributed by atoms with E-state index in [0.717, 1.165) is 22.8 Å². The lowest BCUT2D eigenvalue weighted by Crippen LogP contribution is -1.81. The first kappa shape index (κ1) is 8.51. The Balaban J connectivity index is 2.81. The fourth-order valence-electron chi connectivity index (χ4n) is 1.35. The summed E-state index contributed by atoms with van der Waals surface area (Å²) in [4.78, 5) is 10.6. The Morgan fingerprint density at radius 3 is 2.85 bits per heavy atom. The van der Waals surface area contributed by atoms with Crippen LogP contribution in [0.1, 0.15) is 16.1 Å². The lowest BCUT2D eigenvalue weighted by molar-refractivity contribution is 0.110. The second-order valence-electron chi connectivity index (χ2n) is 2.69. The Morgan fingerprint density at radius 1 is 1.38 bits per heavy atom. The molecule has 0 unspecified atom stereocenters. The van der Waals surface area contributed by atoms with E-state index in [1.54, 1.807) is 0 Å². The van der Waals surface area contributed by atoms with Crippen LogP contribution in [-0.4, -0.2) is 6.29 Å². The summed E-state index contributed by atoms with van der Waals surface area (Å²) < 4.78 is 5.34. The van der Waals surface area contributed by atoms with Gasteiger partial charge in [-0.25, -0.2) is 0 Å². The minimum atomic E-state index is 0.415. The second-order valence-corrected chi connectivity index (χ2v) is 3.25. The summed E-state index contributed by atoms with van der Waals surface area (Å²) in [7, 11) is 0. The van der Waals surface area contributed by atoms with Gasteiger partial charge >= 0.3 is 0 Å². The van der Waals surface area contributed by atoms with Crippen molar-refractivity contribution < 1.29 is 9.21 Å². The number of fused-ring (bicyclic) bond motifs is 1. The van der Waals surface area contributed by atoms with E-state index in [4.69, 9.17) is 4.42 Å². The molecule has 1 aromatic heterocycles. The number of alkyl halides is 1. The third kappa shape index (κ3) is 1.29. The molecule has 0 fully saturated rings. The van der Waals surface area contributed by atoms with Gasteiger partial charge in [0.25, 0.3) is 0 Å². The highest BCUT2D eigenvalue weighted by atomic mass is 79.9. The van der Waals surface area contributed by atoms with E-state index < -0.39 is 0 Å². The van der Waals surface area contributed by atoms with Crippen LogP contribution in [0.15, 0.2) is 28.7 Å². The first-order chi connectivity index (χ1) is 6.36. The first-order valence-electron chi connectivity index (χ1n) is 3.88. The van der Waals surface area contributed by atoms with E-state index in [1.807, 2.05) is 24.3 Å². The van der Waals surface area contributed by atoms with Crippen molar-refractivity contribution in [3.05, 3.63) is 35.6 Å². The highest BCUT2D eigenvalue weighted by Crippen LogP contribution is 2.26. The third-order valence-electron chi connectivity index (χ3n) is 1.97. The smallest absolute Gasteiger partial charge is 0.185 e. The minimum absolute atomic E-state index is 0.415. The molecule has 0 N–H and O–H groups in total. The van der Waals surface area contributed by atoms with Gasteiger partial charge in [-0.2, -0.15) is 0 Å². The van der Waals surface area contributed by atoms with Crippen LogP contribution in [0.2, 0.25) is 0 Å². The molecule has 1 aromatic carbocycles. The molecule has 0 saturated heterocycles. The molecule has 3 heteroatoms. The van der Waals surface area contributed by atoms with Gasteiger partial charge in [-0.1, -0.05) is 34.1 Å². The van der Waals surface area contributed by atoms with Crippen LogP contribution in [0.4, 0.5) is 0 Å². The van der Waals surface area contributed by atoms with Crippen LogP contribution in [-0.2, 0) is 5.33 Å². The molecule has 0 atom stereocenters. The summed E-state index contributed by atoms with van der Waals surface area (Å²) in [5.74, 6) is 0.415. The standard InChI is InChI=1S/C10H7BrO2/c11-5-8-7-3-1-2-4-9(7)13-10(8)6-12/h1-4,6H,5H2. The van der Waals surface area contributed by atoms with Gasteiger partial charge < -0.3 is 4.42 Å². The Morgan fingerprint density at radius 2 is 2.15 bits per heavy atom. The number of carbonyl (C=O) groups is 1. The molecule has 0 aliphatic carbocycles.